The van der Waals surface area contributed by atoms with Crippen LogP contribution in [0.5, 0.6) is 11.5 Å². The van der Waals surface area contributed by atoms with Gasteiger partial charge in [-0.2, -0.15) is 0 Å². The molecule has 0 radical (unpaired) electrons. The zero-order valence-corrected chi connectivity index (χ0v) is 30.7. The molecule has 0 spiro atoms. The fraction of sp³-hybridized carbons (Fsp3) is 0.317. The van der Waals surface area contributed by atoms with E-state index in [4.69, 9.17) is 9.47 Å². The highest BCUT2D eigenvalue weighted by Gasteiger charge is 2.28. The topological polar surface area (TPSA) is 155 Å². The first-order valence-electron chi connectivity index (χ1n) is 18.1. The summed E-state index contributed by atoms with van der Waals surface area (Å²) < 4.78 is 10.7. The molecular formula is C41H44N8O5. The summed E-state index contributed by atoms with van der Waals surface area (Å²) in [5, 5.41) is 6.43. The van der Waals surface area contributed by atoms with Crippen molar-refractivity contribution in [1.82, 2.24) is 35.1 Å². The van der Waals surface area contributed by atoms with E-state index in [1.165, 1.54) is 25.3 Å². The van der Waals surface area contributed by atoms with E-state index in [-0.39, 0.29) is 17.4 Å². The maximum Gasteiger partial charge on any atom is 0.257 e. The van der Waals surface area contributed by atoms with Crippen LogP contribution in [0.4, 0.5) is 11.5 Å². The van der Waals surface area contributed by atoms with Gasteiger partial charge in [-0.1, -0.05) is 36.4 Å². The SMILES string of the molecule is COc1ccc(C(=O)N2CCc3c(ncnc3Nc3cc(C(=O)NC4CC4)ccc3C)C2)c(OC)c1.O=c1[nH]cnc2c1CCN(Cc1ccccc1)C2. The summed E-state index contributed by atoms with van der Waals surface area (Å²) in [6, 6.07) is 21.5. The average Bonchev–Trinajstić information content (AvgIpc) is 4.03. The van der Waals surface area contributed by atoms with Gasteiger partial charge in [0.1, 0.15) is 23.6 Å². The van der Waals surface area contributed by atoms with Gasteiger partial charge in [0.15, 0.2) is 0 Å². The molecule has 1 saturated carbocycles. The van der Waals surface area contributed by atoms with Crippen molar-refractivity contribution in [3.63, 3.8) is 0 Å². The molecule has 0 bridgehead atoms. The van der Waals surface area contributed by atoms with Crippen molar-refractivity contribution in [3.8, 4) is 11.5 Å². The molecule has 278 valence electrons. The molecular weight excluding hydrogens is 685 g/mol. The number of carbonyl (C=O) groups is 2. The molecule has 13 heteroatoms. The highest BCUT2D eigenvalue weighted by Crippen LogP contribution is 2.31. The molecule has 4 heterocycles. The number of aromatic nitrogens is 4. The molecule has 3 N–H and O–H groups in total. The van der Waals surface area contributed by atoms with Gasteiger partial charge in [-0.3, -0.25) is 19.3 Å². The third kappa shape index (κ3) is 8.42. The second kappa shape index (κ2) is 16.3. The third-order valence-corrected chi connectivity index (χ3v) is 9.94. The van der Waals surface area contributed by atoms with Crippen LogP contribution in [0.2, 0.25) is 0 Å². The molecule has 0 saturated heterocycles. The summed E-state index contributed by atoms with van der Waals surface area (Å²) in [5.74, 6) is 1.60. The van der Waals surface area contributed by atoms with Gasteiger partial charge in [0.2, 0.25) is 0 Å². The van der Waals surface area contributed by atoms with E-state index in [1.807, 2.05) is 31.2 Å². The molecule has 54 heavy (non-hydrogen) atoms. The van der Waals surface area contributed by atoms with E-state index in [2.05, 4.69) is 59.7 Å². The largest absolute Gasteiger partial charge is 0.497 e. The van der Waals surface area contributed by atoms with Gasteiger partial charge in [0.05, 0.1) is 44.0 Å². The molecule has 13 nitrogen and oxygen atoms in total. The summed E-state index contributed by atoms with van der Waals surface area (Å²) >= 11 is 0. The number of ether oxygens (including phenoxy) is 2. The molecule has 2 amide bonds. The highest BCUT2D eigenvalue weighted by atomic mass is 16.5. The van der Waals surface area contributed by atoms with Gasteiger partial charge < -0.3 is 30.0 Å². The minimum Gasteiger partial charge on any atom is -0.497 e. The van der Waals surface area contributed by atoms with E-state index in [9.17, 15) is 14.4 Å². The lowest BCUT2D eigenvalue weighted by atomic mass is 10.0. The second-order valence-corrected chi connectivity index (χ2v) is 13.7. The van der Waals surface area contributed by atoms with Crippen molar-refractivity contribution in [3.05, 3.63) is 135 Å². The molecule has 1 fully saturated rings. The Morgan fingerprint density at radius 1 is 0.889 bits per heavy atom. The Morgan fingerprint density at radius 3 is 2.46 bits per heavy atom. The number of hydrogen-bond acceptors (Lipinski definition) is 10. The lowest BCUT2D eigenvalue weighted by Gasteiger charge is -2.29. The molecule has 1 aliphatic carbocycles. The van der Waals surface area contributed by atoms with Gasteiger partial charge in [0.25, 0.3) is 17.4 Å². The summed E-state index contributed by atoms with van der Waals surface area (Å²) in [7, 11) is 3.11. The van der Waals surface area contributed by atoms with E-state index in [0.29, 0.717) is 54.0 Å². The van der Waals surface area contributed by atoms with Crippen LogP contribution in [0, 0.1) is 6.92 Å². The van der Waals surface area contributed by atoms with E-state index >= 15 is 0 Å². The van der Waals surface area contributed by atoms with Crippen molar-refractivity contribution in [1.29, 1.82) is 0 Å². The van der Waals surface area contributed by atoms with Crippen molar-refractivity contribution in [2.45, 2.75) is 58.3 Å². The minimum absolute atomic E-state index is 0.0133. The number of rotatable bonds is 9. The molecule has 8 rings (SSSR count). The monoisotopic (exact) mass is 728 g/mol. The first-order valence-corrected chi connectivity index (χ1v) is 18.1. The number of aryl methyl sites for hydroxylation is 1. The summed E-state index contributed by atoms with van der Waals surface area (Å²) in [6.45, 7) is 5.45. The number of methoxy groups -OCH3 is 2. The summed E-state index contributed by atoms with van der Waals surface area (Å²) in [6.07, 6.45) is 6.46. The zero-order valence-electron chi connectivity index (χ0n) is 30.7. The van der Waals surface area contributed by atoms with Gasteiger partial charge >= 0.3 is 0 Å². The fourth-order valence-electron chi connectivity index (χ4n) is 6.70. The van der Waals surface area contributed by atoms with Crippen LogP contribution in [-0.4, -0.2) is 74.9 Å². The number of carbonyl (C=O) groups excluding carboxylic acids is 2. The molecule has 0 unspecified atom stereocenters. The van der Waals surface area contributed by atoms with Crippen LogP contribution in [0.15, 0.2) is 84.2 Å². The molecule has 0 atom stereocenters. The van der Waals surface area contributed by atoms with Crippen molar-refractivity contribution >= 4 is 23.3 Å². The maximum absolute atomic E-state index is 13.3. The number of fused-ring (bicyclic) bond motifs is 2. The van der Waals surface area contributed by atoms with Gasteiger partial charge in [-0.15, -0.1) is 0 Å². The van der Waals surface area contributed by atoms with Gasteiger partial charge in [-0.05, 0) is 68.0 Å². The van der Waals surface area contributed by atoms with Crippen molar-refractivity contribution in [2.24, 2.45) is 0 Å². The standard InChI is InChI=1S/C27H29N5O4.C14H15N3O/c1-16-4-5-17(26(33)30-18-6-7-18)12-22(16)31-25-20-10-11-32(14-23(20)28-15-29-25)27(34)21-9-8-19(35-2)13-24(21)36-3;18-14-12-6-7-17(9-13(12)15-10-16-14)8-11-4-2-1-3-5-11/h4-5,8-9,12-13,15,18H,6-7,10-11,14H2,1-3H3,(H,30,33)(H,28,29,31);1-5,10H,6-9H2,(H,15,16,18). The summed E-state index contributed by atoms with van der Waals surface area (Å²) in [4.78, 5) is 57.4. The first-order chi connectivity index (χ1) is 26.3. The van der Waals surface area contributed by atoms with Crippen LogP contribution >= 0.6 is 0 Å². The Balaban J connectivity index is 0.000000208. The number of hydrogen-bond donors (Lipinski definition) is 3. The molecule has 3 aliphatic rings. The fourth-order valence-corrected chi connectivity index (χ4v) is 6.70. The van der Waals surface area contributed by atoms with E-state index in [0.717, 1.165) is 72.7 Å². The van der Waals surface area contributed by atoms with Gasteiger partial charge in [0, 0.05) is 60.7 Å². The average molecular weight is 729 g/mol. The van der Waals surface area contributed by atoms with Crippen LogP contribution in [0.25, 0.3) is 0 Å². The maximum atomic E-state index is 13.3. The smallest absolute Gasteiger partial charge is 0.257 e. The Kier molecular flexibility index (Phi) is 10.9. The van der Waals surface area contributed by atoms with Crippen LogP contribution in [-0.2, 0) is 32.5 Å². The van der Waals surface area contributed by atoms with Crippen LogP contribution in [0.3, 0.4) is 0 Å². The van der Waals surface area contributed by atoms with Crippen molar-refractivity contribution in [2.75, 3.05) is 32.6 Å². The van der Waals surface area contributed by atoms with Crippen molar-refractivity contribution < 1.29 is 19.1 Å². The Labute approximate surface area is 313 Å². The zero-order chi connectivity index (χ0) is 37.6. The molecule has 5 aromatic rings. The third-order valence-electron chi connectivity index (χ3n) is 9.94. The molecule has 2 aliphatic heterocycles. The number of amides is 2. The Bertz CT molecular complexity index is 2200. The lowest BCUT2D eigenvalue weighted by Crippen LogP contribution is -2.37. The van der Waals surface area contributed by atoms with Crippen LogP contribution in [0.1, 0.15) is 67.2 Å². The number of H-pyrrole nitrogens is 1. The molecule has 3 aromatic carbocycles. The molecule has 2 aromatic heterocycles. The second-order valence-electron chi connectivity index (χ2n) is 13.7. The van der Waals surface area contributed by atoms with Gasteiger partial charge in [-0.25, -0.2) is 15.0 Å². The first kappa shape index (κ1) is 36.3. The van der Waals surface area contributed by atoms with Crippen LogP contribution < -0.4 is 25.7 Å². The van der Waals surface area contributed by atoms with E-state index < -0.39 is 0 Å². The highest BCUT2D eigenvalue weighted by molar-refractivity contribution is 5.97. The number of nitrogens with one attached hydrogen (secondary N) is 3. The Hall–Kier alpha value is -6.08. The minimum atomic E-state index is -0.126. The number of aromatic amines is 1. The predicted molar refractivity (Wildman–Crippen MR) is 204 cm³/mol. The lowest BCUT2D eigenvalue weighted by molar-refractivity contribution is 0.0728. The predicted octanol–water partition coefficient (Wildman–Crippen LogP) is 4.96. The normalized spacial score (nSPS) is 14.8. The summed E-state index contributed by atoms with van der Waals surface area (Å²) in [5.41, 5.74) is 7.75. The quantitative estimate of drug-likeness (QED) is 0.190. The number of nitrogens with zero attached hydrogens (tertiary/aromatic N) is 5. The number of benzene rings is 3. The number of anilines is 2. The Morgan fingerprint density at radius 2 is 1.69 bits per heavy atom. The van der Waals surface area contributed by atoms with E-state index in [1.54, 1.807) is 30.2 Å².